The molecule has 2 saturated carbocycles. The maximum atomic E-state index is 12.7. The van der Waals surface area contributed by atoms with E-state index in [1.807, 2.05) is 13.0 Å². The van der Waals surface area contributed by atoms with Gasteiger partial charge in [-0.05, 0) is 48.9 Å². The molecular formula is C20H19BrCl2N2O5. The van der Waals surface area contributed by atoms with E-state index in [9.17, 15) is 19.2 Å². The monoisotopic (exact) mass is 516 g/mol. The molecule has 3 aliphatic rings. The molecule has 1 saturated heterocycles. The second-order valence-electron chi connectivity index (χ2n) is 7.93. The van der Waals surface area contributed by atoms with Crippen molar-refractivity contribution in [1.29, 1.82) is 0 Å². The van der Waals surface area contributed by atoms with Gasteiger partial charge < -0.3 is 10.1 Å². The first kappa shape index (κ1) is 21.6. The fourth-order valence-corrected chi connectivity index (χ4v) is 6.21. The number of halogens is 3. The summed E-state index contributed by atoms with van der Waals surface area (Å²) in [7, 11) is 0. The van der Waals surface area contributed by atoms with Crippen LogP contribution in [0.25, 0.3) is 0 Å². The number of imide groups is 1. The number of hydrogen-bond donors (Lipinski definition) is 1. The van der Waals surface area contributed by atoms with Crippen molar-refractivity contribution < 1.29 is 23.9 Å². The van der Waals surface area contributed by atoms with Crippen molar-refractivity contribution in [3.63, 3.8) is 0 Å². The van der Waals surface area contributed by atoms with Gasteiger partial charge in [0.05, 0.1) is 22.6 Å². The summed E-state index contributed by atoms with van der Waals surface area (Å²) in [5, 5.41) is 1.94. The van der Waals surface area contributed by atoms with Gasteiger partial charge in [-0.3, -0.25) is 24.1 Å². The van der Waals surface area contributed by atoms with Crippen LogP contribution in [0.2, 0.25) is 0 Å². The Balaban J connectivity index is 1.32. The number of likely N-dealkylation sites (tertiary alicyclic amines) is 1. The first-order valence-corrected chi connectivity index (χ1v) is 11.2. The van der Waals surface area contributed by atoms with Crippen LogP contribution < -0.4 is 5.32 Å². The lowest BCUT2D eigenvalue weighted by molar-refractivity contribution is -0.154. The van der Waals surface area contributed by atoms with Crippen LogP contribution in [0.1, 0.15) is 12.0 Å². The van der Waals surface area contributed by atoms with Crippen LogP contribution in [-0.2, 0) is 23.9 Å². The molecule has 1 N–H and O–H groups in total. The van der Waals surface area contributed by atoms with Crippen LogP contribution in [-0.4, -0.2) is 52.5 Å². The number of nitrogens with zero attached hydrogens (tertiary/aromatic N) is 1. The number of ether oxygens (including phenoxy) is 1. The third-order valence-corrected chi connectivity index (χ3v) is 8.00. The van der Waals surface area contributed by atoms with Crippen molar-refractivity contribution in [3.05, 3.63) is 28.2 Å². The molecule has 3 fully saturated rings. The van der Waals surface area contributed by atoms with E-state index in [4.69, 9.17) is 27.9 Å². The summed E-state index contributed by atoms with van der Waals surface area (Å²) in [5.41, 5.74) is 1.44. The Hall–Kier alpha value is -1.64. The molecule has 1 aliphatic heterocycles. The molecule has 1 aromatic rings. The predicted octanol–water partition coefficient (Wildman–Crippen LogP) is 2.70. The maximum absolute atomic E-state index is 12.7. The quantitative estimate of drug-likeness (QED) is 0.368. The highest BCUT2D eigenvalue weighted by Gasteiger charge is 2.66. The second-order valence-corrected chi connectivity index (χ2v) is 9.86. The lowest BCUT2D eigenvalue weighted by atomic mass is 9.80. The van der Waals surface area contributed by atoms with E-state index in [0.717, 1.165) is 14.9 Å². The van der Waals surface area contributed by atoms with Gasteiger partial charge in [0.15, 0.2) is 6.61 Å². The number of carbonyl (C=O) groups is 4. The summed E-state index contributed by atoms with van der Waals surface area (Å²) in [4.78, 5) is 50.6. The van der Waals surface area contributed by atoms with Crippen LogP contribution in [0.15, 0.2) is 22.7 Å². The lowest BCUT2D eigenvalue weighted by Gasteiger charge is -2.28. The first-order chi connectivity index (χ1) is 14.2. The van der Waals surface area contributed by atoms with Gasteiger partial charge in [-0.1, -0.05) is 15.9 Å². The fourth-order valence-electron chi connectivity index (χ4n) is 4.84. The molecule has 3 amide bonds. The van der Waals surface area contributed by atoms with Gasteiger partial charge in [-0.25, -0.2) is 0 Å². The predicted molar refractivity (Wildman–Crippen MR) is 113 cm³/mol. The molecule has 7 nitrogen and oxygen atoms in total. The number of fused-ring (bicyclic) bond motifs is 5. The third kappa shape index (κ3) is 3.63. The smallest absolute Gasteiger partial charge is 0.326 e. The zero-order valence-electron chi connectivity index (χ0n) is 15.9. The highest BCUT2D eigenvalue weighted by atomic mass is 79.9. The molecule has 1 heterocycles. The number of esters is 1. The maximum Gasteiger partial charge on any atom is 0.326 e. The average Bonchev–Trinajstić information content (AvgIpc) is 3.29. The van der Waals surface area contributed by atoms with Gasteiger partial charge in [-0.2, -0.15) is 0 Å². The topological polar surface area (TPSA) is 92.8 Å². The summed E-state index contributed by atoms with van der Waals surface area (Å²) >= 11 is 16.0. The van der Waals surface area contributed by atoms with Crippen molar-refractivity contribution in [3.8, 4) is 0 Å². The van der Waals surface area contributed by atoms with E-state index >= 15 is 0 Å². The van der Waals surface area contributed by atoms with Crippen molar-refractivity contribution in [1.82, 2.24) is 4.90 Å². The number of anilines is 1. The molecule has 0 aromatic heterocycles. The van der Waals surface area contributed by atoms with Gasteiger partial charge in [0.25, 0.3) is 5.91 Å². The first-order valence-electron chi connectivity index (χ1n) is 9.54. The number of rotatable bonds is 5. The van der Waals surface area contributed by atoms with Gasteiger partial charge in [0, 0.05) is 10.2 Å². The number of hydrogen-bond acceptors (Lipinski definition) is 5. The van der Waals surface area contributed by atoms with E-state index < -0.39 is 48.7 Å². The fraction of sp³-hybridized carbons (Fsp3) is 0.500. The van der Waals surface area contributed by atoms with E-state index in [0.29, 0.717) is 12.1 Å². The number of aryl methyl sites for hydroxylation is 1. The molecule has 10 heteroatoms. The van der Waals surface area contributed by atoms with E-state index in [-0.39, 0.29) is 22.6 Å². The van der Waals surface area contributed by atoms with Crippen LogP contribution in [0.3, 0.4) is 0 Å². The zero-order valence-corrected chi connectivity index (χ0v) is 19.0. The molecule has 4 rings (SSSR count). The van der Waals surface area contributed by atoms with E-state index in [2.05, 4.69) is 21.2 Å². The van der Waals surface area contributed by atoms with Crippen molar-refractivity contribution in [2.45, 2.75) is 24.1 Å². The summed E-state index contributed by atoms with van der Waals surface area (Å²) in [6, 6.07) is 5.34. The average molecular weight is 518 g/mol. The molecule has 0 spiro atoms. The molecule has 0 unspecified atom stereocenters. The summed E-state index contributed by atoms with van der Waals surface area (Å²) in [6.07, 6.45) is 0.656. The summed E-state index contributed by atoms with van der Waals surface area (Å²) in [5.74, 6) is -3.48. The SMILES string of the molecule is Cc1cc(Br)ccc1NC(=O)COC(=O)CN1C(=O)[C@@H]2[C@H]3C[C@@H]([C@H](Cl)[C@H]3Cl)[C@@H]2C1=O. The standard InChI is InChI=1S/C20H19BrCl2N2O5/c1-8-4-9(21)2-3-12(8)24-13(26)7-30-14(27)6-25-19(28)15-10-5-11(16(15)20(25)29)18(23)17(10)22/h2-4,10-11,15-18H,5-7H2,1H3,(H,24,26)/t10-,11-,15-,16+,17+,18+/m1/s1. The molecule has 160 valence electrons. The number of carbonyl (C=O) groups excluding carboxylic acids is 4. The molecule has 6 atom stereocenters. The second kappa shape index (κ2) is 8.13. The molecule has 1 aromatic carbocycles. The Morgan fingerprint density at radius 3 is 2.33 bits per heavy atom. The van der Waals surface area contributed by atoms with E-state index in [1.165, 1.54) is 0 Å². The largest absolute Gasteiger partial charge is 0.454 e. The van der Waals surface area contributed by atoms with Crippen LogP contribution in [0, 0.1) is 30.6 Å². The Morgan fingerprint density at radius 2 is 1.77 bits per heavy atom. The Bertz CT molecular complexity index is 910. The minimum absolute atomic E-state index is 0.151. The van der Waals surface area contributed by atoms with E-state index in [1.54, 1.807) is 12.1 Å². The van der Waals surface area contributed by atoms with Crippen molar-refractivity contribution in [2.24, 2.45) is 23.7 Å². The Kier molecular flexibility index (Phi) is 5.85. The number of benzene rings is 1. The van der Waals surface area contributed by atoms with Crippen molar-refractivity contribution >= 4 is 68.5 Å². The Morgan fingerprint density at radius 1 is 1.17 bits per heavy atom. The summed E-state index contributed by atoms with van der Waals surface area (Å²) < 4.78 is 5.85. The highest BCUT2D eigenvalue weighted by molar-refractivity contribution is 9.10. The van der Waals surface area contributed by atoms with Crippen molar-refractivity contribution in [2.75, 3.05) is 18.5 Å². The van der Waals surface area contributed by atoms with Gasteiger partial charge in [-0.15, -0.1) is 23.2 Å². The van der Waals surface area contributed by atoms with Gasteiger partial charge in [0.1, 0.15) is 6.54 Å². The molecular weight excluding hydrogens is 499 g/mol. The van der Waals surface area contributed by atoms with Crippen LogP contribution in [0.5, 0.6) is 0 Å². The van der Waals surface area contributed by atoms with Crippen LogP contribution >= 0.6 is 39.1 Å². The van der Waals surface area contributed by atoms with Gasteiger partial charge in [0.2, 0.25) is 11.8 Å². The van der Waals surface area contributed by atoms with Crippen LogP contribution in [0.4, 0.5) is 5.69 Å². The molecule has 30 heavy (non-hydrogen) atoms. The molecule has 2 aliphatic carbocycles. The van der Waals surface area contributed by atoms with Gasteiger partial charge >= 0.3 is 5.97 Å². The molecule has 2 bridgehead atoms. The molecule has 0 radical (unpaired) electrons. The zero-order chi connectivity index (χ0) is 21.7. The minimum atomic E-state index is -0.823. The normalized spacial score (nSPS) is 31.8. The Labute approximate surface area is 191 Å². The number of alkyl halides is 2. The highest BCUT2D eigenvalue weighted by Crippen LogP contribution is 2.59. The third-order valence-electron chi connectivity index (χ3n) is 6.19. The number of amides is 3. The number of nitrogens with one attached hydrogen (secondary N) is 1. The lowest BCUT2D eigenvalue weighted by Crippen LogP contribution is -2.38. The summed E-state index contributed by atoms with van der Waals surface area (Å²) in [6.45, 7) is 0.794. The minimum Gasteiger partial charge on any atom is -0.454 e.